The minimum absolute atomic E-state index is 1.88. The van der Waals surface area contributed by atoms with Gasteiger partial charge in [-0.15, -0.1) is 0 Å². The van der Waals surface area contributed by atoms with E-state index >= 15 is 0 Å². The number of hydrogen-bond acceptors (Lipinski definition) is 1. The molecular formula is C6HCl11O2. The maximum absolute atomic E-state index is 11.0. The van der Waals surface area contributed by atoms with Crippen molar-refractivity contribution in [2.24, 2.45) is 0 Å². The van der Waals surface area contributed by atoms with E-state index in [1.54, 1.807) is 0 Å². The van der Waals surface area contributed by atoms with E-state index in [1.807, 2.05) is 0 Å². The molecule has 0 amide bonds. The number of carboxylic acids is 1. The SMILES string of the molecule is O=C(O)C(Cl)(Cl)C(Cl)(Cl)C(Cl)(Cl)C(Cl)(Cl)C(Cl)(Cl)Cl. The van der Waals surface area contributed by atoms with Gasteiger partial charge in [-0.2, -0.15) is 0 Å². The Bertz CT molecular complexity index is 368. The van der Waals surface area contributed by atoms with Gasteiger partial charge in [-0.1, -0.05) is 128 Å². The third-order valence-corrected chi connectivity index (χ3v) is 8.69. The summed E-state index contributed by atoms with van der Waals surface area (Å²) in [6, 6.07) is 0. The Labute approximate surface area is 163 Å². The highest BCUT2D eigenvalue weighted by Crippen LogP contribution is 2.66. The Morgan fingerprint density at radius 1 is 0.632 bits per heavy atom. The molecule has 0 spiro atoms. The van der Waals surface area contributed by atoms with Crippen LogP contribution in [0.4, 0.5) is 0 Å². The van der Waals surface area contributed by atoms with Gasteiger partial charge in [0.05, 0.1) is 0 Å². The number of aliphatic carboxylic acids is 1. The van der Waals surface area contributed by atoms with E-state index in [-0.39, 0.29) is 0 Å². The van der Waals surface area contributed by atoms with Gasteiger partial charge in [0.15, 0.2) is 8.67 Å². The zero-order chi connectivity index (χ0) is 16.1. The lowest BCUT2D eigenvalue weighted by Gasteiger charge is -2.46. The molecule has 0 saturated carbocycles. The molecule has 0 rings (SSSR count). The molecule has 0 unspecified atom stereocenters. The van der Waals surface area contributed by atoms with Gasteiger partial charge in [0.25, 0.3) is 0 Å². The lowest BCUT2D eigenvalue weighted by molar-refractivity contribution is -0.138. The summed E-state index contributed by atoms with van der Waals surface area (Å²) in [5.41, 5.74) is 0. The Morgan fingerprint density at radius 2 is 0.947 bits per heavy atom. The molecule has 0 aliphatic rings. The van der Waals surface area contributed by atoms with Crippen molar-refractivity contribution in [3.63, 3.8) is 0 Å². The first-order valence-corrected chi connectivity index (χ1v) is 7.91. The first-order chi connectivity index (χ1) is 7.94. The molecule has 1 N–H and O–H groups in total. The van der Waals surface area contributed by atoms with E-state index in [0.29, 0.717) is 0 Å². The number of carbonyl (C=O) groups is 1. The smallest absolute Gasteiger partial charge is 0.343 e. The summed E-state index contributed by atoms with van der Waals surface area (Å²) < 4.78 is -13.7. The highest BCUT2D eigenvalue weighted by atomic mass is 35.6. The summed E-state index contributed by atoms with van der Waals surface area (Å²) in [6.07, 6.45) is 0. The van der Waals surface area contributed by atoms with Crippen LogP contribution in [0.5, 0.6) is 0 Å². The minimum Gasteiger partial charge on any atom is -0.479 e. The molecule has 0 aromatic heterocycles. The zero-order valence-corrected chi connectivity index (χ0v) is 16.3. The van der Waals surface area contributed by atoms with Crippen molar-refractivity contribution in [3.8, 4) is 0 Å². The van der Waals surface area contributed by atoms with Crippen molar-refractivity contribution < 1.29 is 9.90 Å². The molecule has 114 valence electrons. The van der Waals surface area contributed by atoms with E-state index in [9.17, 15) is 4.79 Å². The second-order valence-electron chi connectivity index (χ2n) is 3.10. The molecule has 0 saturated heterocycles. The lowest BCUT2D eigenvalue weighted by atomic mass is 10.1. The monoisotopic (exact) mass is 490 g/mol. The molecule has 19 heavy (non-hydrogen) atoms. The normalized spacial score (nSPS) is 15.5. The van der Waals surface area contributed by atoms with Crippen LogP contribution < -0.4 is 0 Å². The molecule has 2 nitrogen and oxygen atoms in total. The van der Waals surface area contributed by atoms with Crippen molar-refractivity contribution in [3.05, 3.63) is 0 Å². The van der Waals surface area contributed by atoms with E-state index in [4.69, 9.17) is 133 Å². The predicted molar refractivity (Wildman–Crippen MR) is 85.7 cm³/mol. The Balaban J connectivity index is 5.99. The number of carboxylic acid groups (broad SMARTS) is 1. The number of halogens is 11. The first-order valence-electron chi connectivity index (χ1n) is 3.76. The maximum atomic E-state index is 11.0. The number of rotatable bonds is 4. The summed E-state index contributed by atoms with van der Waals surface area (Å²) in [5, 5.41) is 8.87. The van der Waals surface area contributed by atoms with E-state index in [1.165, 1.54) is 0 Å². The molecule has 13 heteroatoms. The van der Waals surface area contributed by atoms with Gasteiger partial charge in [0.1, 0.15) is 0 Å². The zero-order valence-electron chi connectivity index (χ0n) is 8.01. The third-order valence-electron chi connectivity index (χ3n) is 1.81. The summed E-state index contributed by atoms with van der Waals surface area (Å²) >= 11 is 61.9. The van der Waals surface area contributed by atoms with Gasteiger partial charge in [0, 0.05) is 0 Å². The highest BCUT2D eigenvalue weighted by molar-refractivity contribution is 6.82. The van der Waals surface area contributed by atoms with Gasteiger partial charge in [0.2, 0.25) is 12.5 Å². The molecular weight excluding hydrogens is 494 g/mol. The van der Waals surface area contributed by atoms with Crippen molar-refractivity contribution in [1.29, 1.82) is 0 Å². The van der Waals surface area contributed by atoms with Crippen LogP contribution in [0, 0.1) is 0 Å². The van der Waals surface area contributed by atoms with Gasteiger partial charge < -0.3 is 5.11 Å². The maximum Gasteiger partial charge on any atom is 0.343 e. The largest absolute Gasteiger partial charge is 0.479 e. The van der Waals surface area contributed by atoms with Crippen LogP contribution in [0.3, 0.4) is 0 Å². The van der Waals surface area contributed by atoms with Crippen LogP contribution in [0.25, 0.3) is 0 Å². The molecule has 0 atom stereocenters. The van der Waals surface area contributed by atoms with Gasteiger partial charge >= 0.3 is 5.97 Å². The summed E-state index contributed by atoms with van der Waals surface area (Å²) in [4.78, 5) is 11.0. The standard InChI is InChI=1S/C6HCl11O2/c7-2(8,1(18)19)3(9,10)4(11,12)5(13,14)6(15,16)17/h(H,18,19). The van der Waals surface area contributed by atoms with Crippen molar-refractivity contribution in [2.75, 3.05) is 0 Å². The molecule has 0 aromatic rings. The highest BCUT2D eigenvalue weighted by Gasteiger charge is 2.75. The second kappa shape index (κ2) is 6.28. The van der Waals surface area contributed by atoms with Gasteiger partial charge in [-0.3, -0.25) is 0 Å². The van der Waals surface area contributed by atoms with Crippen molar-refractivity contribution in [2.45, 2.75) is 21.1 Å². The molecule has 0 aliphatic carbocycles. The van der Waals surface area contributed by atoms with Crippen molar-refractivity contribution in [1.82, 2.24) is 0 Å². The van der Waals surface area contributed by atoms with Crippen LogP contribution in [0.2, 0.25) is 0 Å². The molecule has 0 aliphatic heterocycles. The Morgan fingerprint density at radius 3 is 1.16 bits per heavy atom. The fourth-order valence-corrected chi connectivity index (χ4v) is 3.39. The van der Waals surface area contributed by atoms with E-state index in [0.717, 1.165) is 0 Å². The van der Waals surface area contributed by atoms with Crippen LogP contribution in [-0.2, 0) is 4.79 Å². The predicted octanol–water partition coefficient (Wildman–Crippen LogP) is 6.14. The minimum atomic E-state index is -2.91. The number of alkyl halides is 11. The Kier molecular flexibility index (Phi) is 7.16. The molecule has 0 radical (unpaired) electrons. The average Bonchev–Trinajstić information content (AvgIpc) is 2.14. The lowest BCUT2D eigenvalue weighted by Crippen LogP contribution is -2.63. The van der Waals surface area contributed by atoms with Crippen LogP contribution >= 0.6 is 128 Å². The van der Waals surface area contributed by atoms with Crippen LogP contribution in [0.1, 0.15) is 0 Å². The topological polar surface area (TPSA) is 37.3 Å². The fourth-order valence-electron chi connectivity index (χ4n) is 0.707. The van der Waals surface area contributed by atoms with Gasteiger partial charge in [-0.05, 0) is 0 Å². The molecule has 0 heterocycles. The molecule has 0 bridgehead atoms. The fraction of sp³-hybridized carbons (Fsp3) is 0.833. The third kappa shape index (κ3) is 3.61. The van der Waals surface area contributed by atoms with Crippen LogP contribution in [0.15, 0.2) is 0 Å². The summed E-state index contributed by atoms with van der Waals surface area (Å²) in [5.74, 6) is -1.88. The average molecular weight is 495 g/mol. The molecule has 0 aromatic carbocycles. The summed E-state index contributed by atoms with van der Waals surface area (Å²) in [6.45, 7) is 0. The van der Waals surface area contributed by atoms with Crippen molar-refractivity contribution >= 4 is 134 Å². The van der Waals surface area contributed by atoms with E-state index < -0.39 is 27.1 Å². The second-order valence-corrected chi connectivity index (χ2v) is 10.7. The quantitative estimate of drug-likeness (QED) is 0.477. The number of hydrogen-bond donors (Lipinski definition) is 1. The van der Waals surface area contributed by atoms with E-state index in [2.05, 4.69) is 0 Å². The molecule has 0 fully saturated rings. The Hall–Kier alpha value is 2.66. The van der Waals surface area contributed by atoms with Gasteiger partial charge in [-0.25, -0.2) is 4.79 Å². The first kappa shape index (κ1) is 21.7. The summed E-state index contributed by atoms with van der Waals surface area (Å²) in [7, 11) is 0. The van der Waals surface area contributed by atoms with Crippen LogP contribution in [-0.4, -0.2) is 32.2 Å².